The molecule has 0 radical (unpaired) electrons. The minimum absolute atomic E-state index is 0.156. The lowest BCUT2D eigenvalue weighted by molar-refractivity contribution is -0.00523. The molecule has 0 amide bonds. The van der Waals surface area contributed by atoms with Gasteiger partial charge in [-0.3, -0.25) is 0 Å². The maximum Gasteiger partial charge on any atom is 0.105 e. The van der Waals surface area contributed by atoms with Gasteiger partial charge in [0, 0.05) is 7.11 Å². The predicted octanol–water partition coefficient (Wildman–Crippen LogP) is 0.361. The number of hydrogen-bond acceptors (Lipinski definition) is 4. The van der Waals surface area contributed by atoms with Crippen LogP contribution in [0.5, 0.6) is 0 Å². The van der Waals surface area contributed by atoms with Gasteiger partial charge in [0.05, 0.1) is 26.4 Å². The molecule has 0 aromatic carbocycles. The van der Waals surface area contributed by atoms with Gasteiger partial charge in [-0.05, 0) is 6.42 Å². The third kappa shape index (κ3) is 7.94. The van der Waals surface area contributed by atoms with Crippen molar-refractivity contribution in [2.24, 2.45) is 5.73 Å². The number of nitrogens with two attached hydrogens (primary N) is 1. The normalized spacial score (nSPS) is 13.2. The first-order valence-electron chi connectivity index (χ1n) is 4.25. The molecule has 0 spiro atoms. The SMILES string of the molecule is CCC(N)OCCOCCOC. The largest absolute Gasteiger partial charge is 0.382 e. The second kappa shape index (κ2) is 8.93. The van der Waals surface area contributed by atoms with Crippen LogP contribution in [0.4, 0.5) is 0 Å². The Kier molecular flexibility index (Phi) is 8.81. The third-order valence-electron chi connectivity index (χ3n) is 1.39. The highest BCUT2D eigenvalue weighted by Crippen LogP contribution is 1.88. The fourth-order valence-corrected chi connectivity index (χ4v) is 0.621. The highest BCUT2D eigenvalue weighted by Gasteiger charge is 1.96. The summed E-state index contributed by atoms with van der Waals surface area (Å²) < 4.78 is 15.1. The van der Waals surface area contributed by atoms with Gasteiger partial charge in [0.25, 0.3) is 0 Å². The first-order chi connectivity index (χ1) is 5.81. The van der Waals surface area contributed by atoms with Gasteiger partial charge in [0.1, 0.15) is 6.23 Å². The Balaban J connectivity index is 2.90. The van der Waals surface area contributed by atoms with Crippen LogP contribution in [0.1, 0.15) is 13.3 Å². The molecule has 4 nitrogen and oxygen atoms in total. The summed E-state index contributed by atoms with van der Waals surface area (Å²) in [6.07, 6.45) is 0.675. The van der Waals surface area contributed by atoms with E-state index in [2.05, 4.69) is 0 Å². The van der Waals surface area contributed by atoms with Crippen LogP contribution in [0.15, 0.2) is 0 Å². The maximum atomic E-state index is 5.51. The van der Waals surface area contributed by atoms with E-state index >= 15 is 0 Å². The molecule has 4 heteroatoms. The molecule has 0 rings (SSSR count). The van der Waals surface area contributed by atoms with Gasteiger partial charge in [-0.2, -0.15) is 0 Å². The van der Waals surface area contributed by atoms with Crippen molar-refractivity contribution in [2.75, 3.05) is 33.5 Å². The molecule has 0 aromatic heterocycles. The Morgan fingerprint density at radius 1 is 1.17 bits per heavy atom. The fourth-order valence-electron chi connectivity index (χ4n) is 0.621. The quantitative estimate of drug-likeness (QED) is 0.429. The molecular formula is C8H19NO3. The Morgan fingerprint density at radius 2 is 1.83 bits per heavy atom. The lowest BCUT2D eigenvalue weighted by Crippen LogP contribution is -2.24. The van der Waals surface area contributed by atoms with Gasteiger partial charge in [0.2, 0.25) is 0 Å². The number of hydrogen-bond donors (Lipinski definition) is 1. The van der Waals surface area contributed by atoms with Gasteiger partial charge >= 0.3 is 0 Å². The monoisotopic (exact) mass is 177 g/mol. The first-order valence-corrected chi connectivity index (χ1v) is 4.25. The van der Waals surface area contributed by atoms with E-state index in [4.69, 9.17) is 19.9 Å². The molecule has 0 bridgehead atoms. The minimum atomic E-state index is -0.156. The molecule has 0 aliphatic heterocycles. The van der Waals surface area contributed by atoms with Crippen molar-refractivity contribution in [3.8, 4) is 0 Å². The molecule has 0 aliphatic carbocycles. The summed E-state index contributed by atoms with van der Waals surface area (Å²) in [6, 6.07) is 0. The van der Waals surface area contributed by atoms with E-state index in [1.165, 1.54) is 0 Å². The zero-order valence-electron chi connectivity index (χ0n) is 7.91. The van der Waals surface area contributed by atoms with Crippen LogP contribution in [-0.4, -0.2) is 39.8 Å². The van der Waals surface area contributed by atoms with Crippen molar-refractivity contribution in [1.82, 2.24) is 0 Å². The number of rotatable bonds is 8. The predicted molar refractivity (Wildman–Crippen MR) is 46.9 cm³/mol. The van der Waals surface area contributed by atoms with Crippen molar-refractivity contribution in [2.45, 2.75) is 19.6 Å². The van der Waals surface area contributed by atoms with E-state index in [0.717, 1.165) is 6.42 Å². The van der Waals surface area contributed by atoms with Crippen LogP contribution in [0.2, 0.25) is 0 Å². The second-order valence-electron chi connectivity index (χ2n) is 2.42. The molecule has 12 heavy (non-hydrogen) atoms. The van der Waals surface area contributed by atoms with Gasteiger partial charge in [-0.15, -0.1) is 0 Å². The number of methoxy groups -OCH3 is 1. The Hall–Kier alpha value is -0.160. The summed E-state index contributed by atoms with van der Waals surface area (Å²) in [5.74, 6) is 0. The minimum Gasteiger partial charge on any atom is -0.382 e. The highest BCUT2D eigenvalue weighted by atomic mass is 16.5. The summed E-state index contributed by atoms with van der Waals surface area (Å²) in [7, 11) is 1.65. The maximum absolute atomic E-state index is 5.51. The average molecular weight is 177 g/mol. The molecule has 2 N–H and O–H groups in total. The van der Waals surface area contributed by atoms with Gasteiger partial charge in [-0.1, -0.05) is 6.92 Å². The first kappa shape index (κ1) is 11.8. The van der Waals surface area contributed by atoms with Crippen molar-refractivity contribution < 1.29 is 14.2 Å². The van der Waals surface area contributed by atoms with Crippen LogP contribution >= 0.6 is 0 Å². The average Bonchev–Trinajstić information content (AvgIpc) is 2.10. The zero-order chi connectivity index (χ0) is 9.23. The van der Waals surface area contributed by atoms with Crippen molar-refractivity contribution in [1.29, 1.82) is 0 Å². The van der Waals surface area contributed by atoms with E-state index in [1.807, 2.05) is 6.92 Å². The molecule has 1 unspecified atom stereocenters. The van der Waals surface area contributed by atoms with Gasteiger partial charge < -0.3 is 19.9 Å². The van der Waals surface area contributed by atoms with Gasteiger partial charge in [-0.25, -0.2) is 0 Å². The Bertz CT molecular complexity index is 90.4. The van der Waals surface area contributed by atoms with E-state index in [0.29, 0.717) is 26.4 Å². The van der Waals surface area contributed by atoms with Crippen molar-refractivity contribution >= 4 is 0 Å². The van der Waals surface area contributed by atoms with Crippen molar-refractivity contribution in [3.63, 3.8) is 0 Å². The molecule has 0 fully saturated rings. The van der Waals surface area contributed by atoms with Crippen LogP contribution in [0.3, 0.4) is 0 Å². The molecule has 0 saturated carbocycles. The van der Waals surface area contributed by atoms with E-state index < -0.39 is 0 Å². The van der Waals surface area contributed by atoms with Crippen molar-refractivity contribution in [3.05, 3.63) is 0 Å². The summed E-state index contributed by atoms with van der Waals surface area (Å²) in [5.41, 5.74) is 5.51. The fraction of sp³-hybridized carbons (Fsp3) is 1.00. The third-order valence-corrected chi connectivity index (χ3v) is 1.39. The van der Waals surface area contributed by atoms with E-state index in [-0.39, 0.29) is 6.23 Å². The second-order valence-corrected chi connectivity index (χ2v) is 2.42. The van der Waals surface area contributed by atoms with Crippen LogP contribution in [0.25, 0.3) is 0 Å². The molecule has 0 aromatic rings. The molecule has 0 saturated heterocycles. The topological polar surface area (TPSA) is 53.7 Å². The Labute approximate surface area is 74.0 Å². The summed E-state index contributed by atoms with van der Waals surface area (Å²) >= 11 is 0. The lowest BCUT2D eigenvalue weighted by atomic mass is 10.4. The standard InChI is InChI=1S/C8H19NO3/c1-3-8(9)12-7-6-11-5-4-10-2/h8H,3-7,9H2,1-2H3. The molecule has 74 valence electrons. The molecular weight excluding hydrogens is 158 g/mol. The van der Waals surface area contributed by atoms with E-state index in [9.17, 15) is 0 Å². The van der Waals surface area contributed by atoms with Crippen LogP contribution in [0, 0.1) is 0 Å². The molecule has 1 atom stereocenters. The van der Waals surface area contributed by atoms with Gasteiger partial charge in [0.15, 0.2) is 0 Å². The molecule has 0 heterocycles. The van der Waals surface area contributed by atoms with E-state index in [1.54, 1.807) is 7.11 Å². The summed E-state index contributed by atoms with van der Waals surface area (Å²) in [5, 5.41) is 0. The highest BCUT2D eigenvalue weighted by molar-refractivity contribution is 4.41. The summed E-state index contributed by atoms with van der Waals surface area (Å²) in [4.78, 5) is 0. The Morgan fingerprint density at radius 3 is 2.42 bits per heavy atom. The van der Waals surface area contributed by atoms with Crippen LogP contribution in [-0.2, 0) is 14.2 Å². The molecule has 0 aliphatic rings. The number of ether oxygens (including phenoxy) is 3. The smallest absolute Gasteiger partial charge is 0.105 e. The van der Waals surface area contributed by atoms with Crippen LogP contribution < -0.4 is 5.73 Å². The summed E-state index contributed by atoms with van der Waals surface area (Å²) in [6.45, 7) is 4.35. The zero-order valence-corrected chi connectivity index (χ0v) is 7.91. The lowest BCUT2D eigenvalue weighted by Gasteiger charge is -2.10.